The average molecular weight is 194 g/mol. The summed E-state index contributed by atoms with van der Waals surface area (Å²) in [6.45, 7) is 3.70. The van der Waals surface area contributed by atoms with E-state index in [4.69, 9.17) is 4.84 Å². The predicted octanol–water partition coefficient (Wildman–Crippen LogP) is 1.28. The molecule has 0 spiro atoms. The van der Waals surface area contributed by atoms with E-state index in [-0.39, 0.29) is 0 Å². The minimum atomic E-state index is 0.430. The van der Waals surface area contributed by atoms with Crippen LogP contribution in [0.2, 0.25) is 0 Å². The van der Waals surface area contributed by atoms with Crippen LogP contribution in [0.3, 0.4) is 0 Å². The quantitative estimate of drug-likeness (QED) is 0.685. The number of nitrogens with zero attached hydrogens (tertiary/aromatic N) is 1. The first kappa shape index (κ1) is 8.74. The number of nitrogens with one attached hydrogen (secondary N) is 1. The molecule has 0 aromatic rings. The molecule has 1 atom stereocenters. The van der Waals surface area contributed by atoms with Gasteiger partial charge in [-0.3, -0.25) is 10.3 Å². The summed E-state index contributed by atoms with van der Waals surface area (Å²) < 4.78 is 0. The fraction of sp³-hybridized carbons (Fsp3) is 0.818. The molecule has 3 nitrogen and oxygen atoms in total. The van der Waals surface area contributed by atoms with Crippen LogP contribution in [0.25, 0.3) is 0 Å². The Labute approximate surface area is 85.1 Å². The second-order valence-corrected chi connectivity index (χ2v) is 4.66. The lowest BCUT2D eigenvalue weighted by molar-refractivity contribution is -0.104. The van der Waals surface area contributed by atoms with Crippen molar-refractivity contribution in [3.8, 4) is 0 Å². The highest BCUT2D eigenvalue weighted by Crippen LogP contribution is 2.29. The minimum Gasteiger partial charge on any atom is -0.301 e. The van der Waals surface area contributed by atoms with Crippen molar-refractivity contribution in [2.45, 2.75) is 31.8 Å². The van der Waals surface area contributed by atoms with E-state index in [0.29, 0.717) is 6.10 Å². The second-order valence-electron chi connectivity index (χ2n) is 4.66. The third-order valence-corrected chi connectivity index (χ3v) is 3.74. The molecule has 3 aliphatic heterocycles. The van der Waals surface area contributed by atoms with Crippen molar-refractivity contribution >= 4 is 0 Å². The molecule has 78 valence electrons. The van der Waals surface area contributed by atoms with Crippen LogP contribution in [0.15, 0.2) is 11.8 Å². The molecule has 4 aliphatic rings. The van der Waals surface area contributed by atoms with Crippen LogP contribution in [-0.2, 0) is 4.84 Å². The van der Waals surface area contributed by atoms with Crippen LogP contribution in [0.1, 0.15) is 25.7 Å². The topological polar surface area (TPSA) is 24.5 Å². The third-order valence-electron chi connectivity index (χ3n) is 3.74. The molecule has 3 fully saturated rings. The summed E-state index contributed by atoms with van der Waals surface area (Å²) in [7, 11) is 0. The number of piperidine rings is 3. The Bertz CT molecular complexity index is 244. The summed E-state index contributed by atoms with van der Waals surface area (Å²) in [6, 6.07) is 0. The average Bonchev–Trinajstić information content (AvgIpc) is 2.17. The maximum absolute atomic E-state index is 5.76. The van der Waals surface area contributed by atoms with E-state index in [9.17, 15) is 0 Å². The van der Waals surface area contributed by atoms with Gasteiger partial charge in [-0.05, 0) is 44.7 Å². The molecule has 0 saturated carbocycles. The predicted molar refractivity (Wildman–Crippen MR) is 54.5 cm³/mol. The molecule has 3 heteroatoms. The maximum Gasteiger partial charge on any atom is 0.101 e. The van der Waals surface area contributed by atoms with E-state index >= 15 is 0 Å². The maximum atomic E-state index is 5.76. The molecular weight excluding hydrogens is 176 g/mol. The van der Waals surface area contributed by atoms with E-state index in [1.807, 2.05) is 0 Å². The van der Waals surface area contributed by atoms with E-state index in [2.05, 4.69) is 16.5 Å². The zero-order valence-electron chi connectivity index (χ0n) is 8.54. The van der Waals surface area contributed by atoms with Crippen LogP contribution in [0.5, 0.6) is 0 Å². The summed E-state index contributed by atoms with van der Waals surface area (Å²) in [6.07, 6.45) is 7.67. The van der Waals surface area contributed by atoms with Gasteiger partial charge in [-0.25, -0.2) is 0 Å². The fourth-order valence-electron chi connectivity index (χ4n) is 2.58. The Balaban J connectivity index is 1.52. The lowest BCUT2D eigenvalue weighted by Crippen LogP contribution is -2.52. The van der Waals surface area contributed by atoms with E-state index in [1.165, 1.54) is 44.5 Å². The van der Waals surface area contributed by atoms with Crippen LogP contribution >= 0.6 is 0 Å². The largest absolute Gasteiger partial charge is 0.301 e. The van der Waals surface area contributed by atoms with Crippen molar-refractivity contribution in [1.29, 1.82) is 0 Å². The van der Waals surface area contributed by atoms with Gasteiger partial charge in [0.2, 0.25) is 0 Å². The Morgan fingerprint density at radius 2 is 2.14 bits per heavy atom. The molecule has 0 aromatic heterocycles. The molecule has 0 aromatic carbocycles. The van der Waals surface area contributed by atoms with Gasteiger partial charge < -0.3 is 4.90 Å². The van der Waals surface area contributed by atoms with E-state index in [0.717, 1.165) is 12.5 Å². The molecule has 4 rings (SSSR count). The first-order valence-electron chi connectivity index (χ1n) is 5.75. The molecule has 2 bridgehead atoms. The van der Waals surface area contributed by atoms with Gasteiger partial charge in [0.05, 0.1) is 0 Å². The summed E-state index contributed by atoms with van der Waals surface area (Å²) in [4.78, 5) is 8.28. The molecule has 3 heterocycles. The highest BCUT2D eigenvalue weighted by Gasteiger charge is 2.35. The van der Waals surface area contributed by atoms with Gasteiger partial charge in [0, 0.05) is 12.2 Å². The fourth-order valence-corrected chi connectivity index (χ4v) is 2.58. The normalized spacial score (nSPS) is 40.3. The standard InChI is InChI=1S/C11H18N2O/c1-2-10(3-1)12-14-11-8-13-6-4-9(11)5-7-13/h2,9,11-12H,1,3-8H2/t11-/m0/s1. The highest BCUT2D eigenvalue weighted by atomic mass is 16.7. The molecule has 3 saturated heterocycles. The molecular formula is C11H18N2O. The second kappa shape index (κ2) is 3.55. The van der Waals surface area contributed by atoms with Gasteiger partial charge >= 0.3 is 0 Å². The van der Waals surface area contributed by atoms with Crippen molar-refractivity contribution in [3.05, 3.63) is 11.8 Å². The number of fused-ring (bicyclic) bond motifs is 3. The lowest BCUT2D eigenvalue weighted by atomic mass is 9.86. The SMILES string of the molecule is C1=C(NO[C@H]2CN3CCC2CC3)CC1. The van der Waals surface area contributed by atoms with Crippen molar-refractivity contribution in [1.82, 2.24) is 10.4 Å². The Morgan fingerprint density at radius 3 is 2.64 bits per heavy atom. The van der Waals surface area contributed by atoms with Gasteiger partial charge in [-0.2, -0.15) is 0 Å². The van der Waals surface area contributed by atoms with Gasteiger partial charge in [0.15, 0.2) is 0 Å². The van der Waals surface area contributed by atoms with Crippen molar-refractivity contribution in [2.24, 2.45) is 5.92 Å². The minimum absolute atomic E-state index is 0.430. The zero-order valence-corrected chi connectivity index (χ0v) is 8.54. The van der Waals surface area contributed by atoms with Gasteiger partial charge in [0.25, 0.3) is 0 Å². The van der Waals surface area contributed by atoms with Crippen LogP contribution < -0.4 is 5.48 Å². The van der Waals surface area contributed by atoms with Gasteiger partial charge in [0.1, 0.15) is 6.10 Å². The smallest absolute Gasteiger partial charge is 0.101 e. The zero-order chi connectivity index (χ0) is 9.38. The number of hydrogen-bond acceptors (Lipinski definition) is 3. The van der Waals surface area contributed by atoms with E-state index in [1.54, 1.807) is 0 Å². The molecule has 0 unspecified atom stereocenters. The molecule has 14 heavy (non-hydrogen) atoms. The van der Waals surface area contributed by atoms with E-state index < -0.39 is 0 Å². The molecule has 1 aliphatic carbocycles. The Kier molecular flexibility index (Phi) is 2.22. The van der Waals surface area contributed by atoms with Crippen molar-refractivity contribution in [2.75, 3.05) is 19.6 Å². The van der Waals surface area contributed by atoms with Gasteiger partial charge in [-0.1, -0.05) is 6.08 Å². The number of allylic oxidation sites excluding steroid dienone is 2. The van der Waals surface area contributed by atoms with Crippen LogP contribution in [0, 0.1) is 5.92 Å². The number of hydroxylamine groups is 1. The summed E-state index contributed by atoms with van der Waals surface area (Å²) in [5, 5.41) is 0. The third kappa shape index (κ3) is 1.55. The van der Waals surface area contributed by atoms with Crippen LogP contribution in [0.4, 0.5) is 0 Å². The summed E-state index contributed by atoms with van der Waals surface area (Å²) in [5.74, 6) is 0.799. The summed E-state index contributed by atoms with van der Waals surface area (Å²) in [5.41, 5.74) is 4.39. The molecule has 0 amide bonds. The van der Waals surface area contributed by atoms with Crippen molar-refractivity contribution < 1.29 is 4.84 Å². The number of rotatable bonds is 3. The first-order chi connectivity index (χ1) is 6.92. The highest BCUT2D eigenvalue weighted by molar-refractivity contribution is 5.08. The summed E-state index contributed by atoms with van der Waals surface area (Å²) >= 11 is 0. The van der Waals surface area contributed by atoms with Crippen LogP contribution in [-0.4, -0.2) is 30.6 Å². The molecule has 1 N–H and O–H groups in total. The van der Waals surface area contributed by atoms with Crippen molar-refractivity contribution in [3.63, 3.8) is 0 Å². The molecule has 0 radical (unpaired) electrons. The number of hydrogen-bond donors (Lipinski definition) is 1. The van der Waals surface area contributed by atoms with Gasteiger partial charge in [-0.15, -0.1) is 0 Å². The first-order valence-corrected chi connectivity index (χ1v) is 5.75. The monoisotopic (exact) mass is 194 g/mol. The lowest BCUT2D eigenvalue weighted by Gasteiger charge is -2.44. The Morgan fingerprint density at radius 1 is 1.36 bits per heavy atom. The Hall–Kier alpha value is -0.540.